The summed E-state index contributed by atoms with van der Waals surface area (Å²) in [6.45, 7) is 0. The van der Waals surface area contributed by atoms with Crippen LogP contribution in [0.1, 0.15) is 42.4 Å². The Labute approximate surface area is 162 Å². The van der Waals surface area contributed by atoms with Gasteiger partial charge < -0.3 is 9.88 Å². The first-order chi connectivity index (χ1) is 13.8. The van der Waals surface area contributed by atoms with Gasteiger partial charge in [0.1, 0.15) is 23.8 Å². The lowest BCUT2D eigenvalue weighted by Gasteiger charge is -2.14. The highest BCUT2D eigenvalue weighted by Gasteiger charge is 2.30. The molecule has 1 aliphatic carbocycles. The Morgan fingerprint density at radius 1 is 1.14 bits per heavy atom. The molecule has 0 radical (unpaired) electrons. The lowest BCUT2D eigenvalue weighted by molar-refractivity contribution is 0.616. The Kier molecular flexibility index (Phi) is 4.23. The van der Waals surface area contributed by atoms with Crippen LogP contribution >= 0.6 is 0 Å². The Balaban J connectivity index is 1.29. The fraction of sp³-hybridized carbons (Fsp3) is 0.350. The van der Waals surface area contributed by atoms with E-state index >= 15 is 0 Å². The van der Waals surface area contributed by atoms with E-state index in [0.717, 1.165) is 54.2 Å². The van der Waals surface area contributed by atoms with E-state index in [9.17, 15) is 0 Å². The normalized spacial score (nSPS) is 19.3. The van der Waals surface area contributed by atoms with Gasteiger partial charge in [-0.15, -0.1) is 10.2 Å². The van der Waals surface area contributed by atoms with Gasteiger partial charge in [0.25, 0.3) is 0 Å². The van der Waals surface area contributed by atoms with E-state index in [1.807, 2.05) is 6.07 Å². The van der Waals surface area contributed by atoms with Crippen molar-refractivity contribution in [3.05, 3.63) is 60.1 Å². The minimum Gasteiger partial charge on any atom is -0.367 e. The summed E-state index contributed by atoms with van der Waals surface area (Å²) in [7, 11) is 2.08. The largest absolute Gasteiger partial charge is 0.367 e. The first-order valence-corrected chi connectivity index (χ1v) is 9.60. The molecule has 1 aromatic carbocycles. The van der Waals surface area contributed by atoms with Crippen molar-refractivity contribution in [3.63, 3.8) is 0 Å². The standard InChI is InChI=1S/C20H22N8/c1-28-17(9-13-5-3-2-4-6-13)25-27-20(28)14-7-8-15(10-14)24-18-16-11-23-26-19(16)22-12-21-18/h2-6,11-12,14-15H,7-10H2,1H3,(H2,21,22,23,24,26)/t14-,15+/m1/s1. The fourth-order valence-corrected chi connectivity index (χ4v) is 4.08. The molecule has 28 heavy (non-hydrogen) atoms. The molecule has 3 heterocycles. The predicted octanol–water partition coefficient (Wildman–Crippen LogP) is 2.82. The van der Waals surface area contributed by atoms with Crippen LogP contribution in [0.25, 0.3) is 11.0 Å². The predicted molar refractivity (Wildman–Crippen MR) is 106 cm³/mol. The Hall–Kier alpha value is -3.29. The molecule has 1 fully saturated rings. The monoisotopic (exact) mass is 374 g/mol. The molecule has 5 rings (SSSR count). The van der Waals surface area contributed by atoms with Gasteiger partial charge in [-0.1, -0.05) is 30.3 Å². The minimum absolute atomic E-state index is 0.354. The van der Waals surface area contributed by atoms with E-state index in [0.29, 0.717) is 12.0 Å². The number of H-pyrrole nitrogens is 1. The number of rotatable bonds is 5. The van der Waals surface area contributed by atoms with Crippen molar-refractivity contribution < 1.29 is 0 Å². The molecule has 0 saturated heterocycles. The zero-order valence-corrected chi connectivity index (χ0v) is 15.7. The van der Waals surface area contributed by atoms with Crippen LogP contribution in [0.3, 0.4) is 0 Å². The molecule has 2 atom stereocenters. The Morgan fingerprint density at radius 3 is 2.93 bits per heavy atom. The third-order valence-electron chi connectivity index (χ3n) is 5.59. The van der Waals surface area contributed by atoms with Crippen LogP contribution in [0.15, 0.2) is 42.9 Å². The van der Waals surface area contributed by atoms with Gasteiger partial charge in [-0.05, 0) is 24.8 Å². The van der Waals surface area contributed by atoms with E-state index in [1.165, 1.54) is 5.56 Å². The highest BCUT2D eigenvalue weighted by Crippen LogP contribution is 2.35. The van der Waals surface area contributed by atoms with Gasteiger partial charge in [0.2, 0.25) is 0 Å². The highest BCUT2D eigenvalue weighted by molar-refractivity contribution is 5.85. The van der Waals surface area contributed by atoms with Gasteiger partial charge in [0.05, 0.1) is 11.6 Å². The molecule has 0 aliphatic heterocycles. The number of anilines is 1. The molecule has 8 nitrogen and oxygen atoms in total. The van der Waals surface area contributed by atoms with Gasteiger partial charge in [0.15, 0.2) is 5.65 Å². The molecule has 1 aliphatic rings. The number of hydrogen-bond acceptors (Lipinski definition) is 6. The van der Waals surface area contributed by atoms with E-state index < -0.39 is 0 Å². The zero-order valence-electron chi connectivity index (χ0n) is 15.7. The van der Waals surface area contributed by atoms with Gasteiger partial charge in [-0.3, -0.25) is 5.10 Å². The summed E-state index contributed by atoms with van der Waals surface area (Å²) in [4.78, 5) is 8.59. The second-order valence-electron chi connectivity index (χ2n) is 7.40. The van der Waals surface area contributed by atoms with Gasteiger partial charge in [-0.2, -0.15) is 5.10 Å². The van der Waals surface area contributed by atoms with Gasteiger partial charge >= 0.3 is 0 Å². The van der Waals surface area contributed by atoms with Gasteiger partial charge in [-0.25, -0.2) is 9.97 Å². The van der Waals surface area contributed by atoms with Crippen LogP contribution in [-0.2, 0) is 13.5 Å². The average Bonchev–Trinajstić information content (AvgIpc) is 3.44. The van der Waals surface area contributed by atoms with E-state index in [-0.39, 0.29) is 0 Å². The number of fused-ring (bicyclic) bond motifs is 1. The van der Waals surface area contributed by atoms with Crippen molar-refractivity contribution in [2.75, 3.05) is 5.32 Å². The highest BCUT2D eigenvalue weighted by atomic mass is 15.3. The summed E-state index contributed by atoms with van der Waals surface area (Å²) in [6.07, 6.45) is 7.32. The molecule has 3 aromatic heterocycles. The summed E-state index contributed by atoms with van der Waals surface area (Å²) in [6, 6.07) is 10.8. The SMILES string of the molecule is Cn1c(Cc2ccccc2)nnc1[C@@H]1CC[C@H](Nc2ncnc3[nH]ncc23)C1. The molecular formula is C20H22N8. The molecule has 0 unspecified atom stereocenters. The Bertz CT molecular complexity index is 1080. The third-order valence-corrected chi connectivity index (χ3v) is 5.59. The summed E-state index contributed by atoms with van der Waals surface area (Å²) in [5.41, 5.74) is 2.01. The van der Waals surface area contributed by atoms with Crippen molar-refractivity contribution in [1.82, 2.24) is 34.9 Å². The third kappa shape index (κ3) is 3.11. The van der Waals surface area contributed by atoms with Crippen molar-refractivity contribution in [1.29, 1.82) is 0 Å². The summed E-state index contributed by atoms with van der Waals surface area (Å²) in [5, 5.41) is 20.4. The van der Waals surface area contributed by atoms with Crippen LogP contribution in [0.4, 0.5) is 5.82 Å². The maximum atomic E-state index is 4.52. The van der Waals surface area contributed by atoms with Crippen molar-refractivity contribution in [2.24, 2.45) is 7.05 Å². The van der Waals surface area contributed by atoms with Crippen molar-refractivity contribution in [2.45, 2.75) is 37.6 Å². The summed E-state index contributed by atoms with van der Waals surface area (Å²) >= 11 is 0. The minimum atomic E-state index is 0.354. The lowest BCUT2D eigenvalue weighted by atomic mass is 10.1. The number of nitrogens with zero attached hydrogens (tertiary/aromatic N) is 6. The topological polar surface area (TPSA) is 97.2 Å². The fourth-order valence-electron chi connectivity index (χ4n) is 4.08. The first kappa shape index (κ1) is 16.9. The molecular weight excluding hydrogens is 352 g/mol. The lowest BCUT2D eigenvalue weighted by Crippen LogP contribution is -2.17. The van der Waals surface area contributed by atoms with Crippen LogP contribution in [0.2, 0.25) is 0 Å². The number of hydrogen-bond donors (Lipinski definition) is 2. The smallest absolute Gasteiger partial charge is 0.160 e. The second-order valence-corrected chi connectivity index (χ2v) is 7.40. The molecule has 4 aromatic rings. The summed E-state index contributed by atoms with van der Waals surface area (Å²) < 4.78 is 2.17. The van der Waals surface area contributed by atoms with E-state index in [4.69, 9.17) is 0 Å². The van der Waals surface area contributed by atoms with Crippen LogP contribution < -0.4 is 5.32 Å². The maximum absolute atomic E-state index is 4.52. The van der Waals surface area contributed by atoms with Crippen LogP contribution in [-0.4, -0.2) is 41.0 Å². The number of aromatic nitrogens is 7. The number of benzene rings is 1. The average molecular weight is 374 g/mol. The van der Waals surface area contributed by atoms with Crippen LogP contribution in [0.5, 0.6) is 0 Å². The molecule has 0 bridgehead atoms. The Morgan fingerprint density at radius 2 is 2.04 bits per heavy atom. The van der Waals surface area contributed by atoms with E-state index in [2.05, 4.69) is 71.6 Å². The van der Waals surface area contributed by atoms with Crippen molar-refractivity contribution in [3.8, 4) is 0 Å². The van der Waals surface area contributed by atoms with Crippen molar-refractivity contribution >= 4 is 16.9 Å². The first-order valence-electron chi connectivity index (χ1n) is 9.60. The second kappa shape index (κ2) is 7.03. The zero-order chi connectivity index (χ0) is 18.9. The molecule has 0 amide bonds. The number of nitrogens with one attached hydrogen (secondary N) is 2. The molecule has 2 N–H and O–H groups in total. The van der Waals surface area contributed by atoms with Crippen LogP contribution in [0, 0.1) is 0 Å². The van der Waals surface area contributed by atoms with E-state index in [1.54, 1.807) is 12.5 Å². The molecule has 8 heteroatoms. The quantitative estimate of drug-likeness (QED) is 0.557. The molecule has 1 saturated carbocycles. The molecule has 142 valence electrons. The number of aromatic amines is 1. The van der Waals surface area contributed by atoms with Gasteiger partial charge in [0, 0.05) is 25.4 Å². The molecule has 0 spiro atoms. The summed E-state index contributed by atoms with van der Waals surface area (Å²) in [5.74, 6) is 3.33. The maximum Gasteiger partial charge on any atom is 0.160 e.